The molecule has 1 aliphatic rings. The summed E-state index contributed by atoms with van der Waals surface area (Å²) in [5, 5.41) is 15.9. The van der Waals surface area contributed by atoms with Crippen molar-refractivity contribution in [2.24, 2.45) is 0 Å². The van der Waals surface area contributed by atoms with Crippen LogP contribution >= 0.6 is 22.6 Å². The molecule has 0 bridgehead atoms. The molecule has 20 heavy (non-hydrogen) atoms. The lowest BCUT2D eigenvalue weighted by atomic mass is 10.2. The fourth-order valence-corrected chi connectivity index (χ4v) is 2.72. The third-order valence-electron chi connectivity index (χ3n) is 3.35. The summed E-state index contributed by atoms with van der Waals surface area (Å²) in [6.45, 7) is 5.87. The van der Waals surface area contributed by atoms with Gasteiger partial charge in [-0.25, -0.2) is 0 Å². The van der Waals surface area contributed by atoms with Crippen molar-refractivity contribution < 1.29 is 9.90 Å². The number of piperazine rings is 1. The number of nitrogens with zero attached hydrogens (tertiary/aromatic N) is 1. The molecule has 1 fully saturated rings. The number of phenolic OH excluding ortho intramolecular Hbond substituents is 1. The van der Waals surface area contributed by atoms with Gasteiger partial charge in [0.1, 0.15) is 5.75 Å². The van der Waals surface area contributed by atoms with E-state index in [4.69, 9.17) is 0 Å². The van der Waals surface area contributed by atoms with Gasteiger partial charge < -0.3 is 20.6 Å². The second kappa shape index (κ2) is 7.80. The number of hydrogen-bond acceptors (Lipinski definition) is 4. The average Bonchev–Trinajstić information content (AvgIpc) is 2.47. The van der Waals surface area contributed by atoms with E-state index in [1.54, 1.807) is 18.2 Å². The van der Waals surface area contributed by atoms with Gasteiger partial charge in [0, 0.05) is 36.3 Å². The van der Waals surface area contributed by atoms with E-state index in [1.807, 2.05) is 0 Å². The van der Waals surface area contributed by atoms with Crippen LogP contribution in [0.5, 0.6) is 5.75 Å². The number of rotatable bonds is 5. The van der Waals surface area contributed by atoms with Gasteiger partial charge in [0.25, 0.3) is 5.91 Å². The Balaban J connectivity index is 1.73. The first-order chi connectivity index (χ1) is 9.66. The van der Waals surface area contributed by atoms with Crippen LogP contribution in [-0.4, -0.2) is 55.2 Å². The molecule has 0 radical (unpaired) electrons. The second-order valence-electron chi connectivity index (χ2n) is 4.86. The Kier molecular flexibility index (Phi) is 6.06. The second-order valence-corrected chi connectivity index (χ2v) is 6.11. The molecule has 0 aliphatic carbocycles. The van der Waals surface area contributed by atoms with Crippen molar-refractivity contribution in [2.75, 3.05) is 39.3 Å². The number of hydrogen-bond donors (Lipinski definition) is 3. The van der Waals surface area contributed by atoms with E-state index < -0.39 is 0 Å². The number of nitrogens with one attached hydrogen (secondary N) is 2. The third-order valence-corrected chi connectivity index (χ3v) is 4.02. The van der Waals surface area contributed by atoms with E-state index in [0.717, 1.165) is 42.7 Å². The Bertz CT molecular complexity index is 462. The lowest BCUT2D eigenvalue weighted by Crippen LogP contribution is -2.44. The summed E-state index contributed by atoms with van der Waals surface area (Å²) in [6.07, 6.45) is 0.927. The minimum atomic E-state index is -0.207. The van der Waals surface area contributed by atoms with Gasteiger partial charge in [-0.15, -0.1) is 0 Å². The largest absolute Gasteiger partial charge is 0.507 e. The molecule has 110 valence electrons. The maximum Gasteiger partial charge on any atom is 0.255 e. The molecular weight excluding hydrogens is 369 g/mol. The van der Waals surface area contributed by atoms with Gasteiger partial charge >= 0.3 is 0 Å². The van der Waals surface area contributed by atoms with Gasteiger partial charge in [0.05, 0.1) is 5.56 Å². The third kappa shape index (κ3) is 4.60. The summed E-state index contributed by atoms with van der Waals surface area (Å²) in [5.74, 6) is -0.175. The van der Waals surface area contributed by atoms with Crippen LogP contribution in [0.2, 0.25) is 0 Å². The maximum absolute atomic E-state index is 12.0. The number of carbonyl (C=O) groups excluding carboxylic acids is 1. The lowest BCUT2D eigenvalue weighted by Gasteiger charge is -2.27. The van der Waals surface area contributed by atoms with E-state index in [1.165, 1.54) is 0 Å². The molecule has 0 spiro atoms. The number of carbonyl (C=O) groups is 1. The molecule has 1 aromatic carbocycles. The maximum atomic E-state index is 12.0. The number of benzene rings is 1. The van der Waals surface area contributed by atoms with Gasteiger partial charge in [0.15, 0.2) is 0 Å². The lowest BCUT2D eigenvalue weighted by molar-refractivity contribution is 0.0948. The molecule has 2 rings (SSSR count). The van der Waals surface area contributed by atoms with Gasteiger partial charge in [-0.3, -0.25) is 4.79 Å². The molecule has 1 amide bonds. The summed E-state index contributed by atoms with van der Waals surface area (Å²) < 4.78 is 0.936. The van der Waals surface area contributed by atoms with Crippen molar-refractivity contribution in [2.45, 2.75) is 6.42 Å². The number of halogens is 1. The van der Waals surface area contributed by atoms with Gasteiger partial charge in [0.2, 0.25) is 0 Å². The first-order valence-corrected chi connectivity index (χ1v) is 7.94. The van der Waals surface area contributed by atoms with Crippen LogP contribution in [0.3, 0.4) is 0 Å². The highest BCUT2D eigenvalue weighted by Crippen LogP contribution is 2.19. The van der Waals surface area contributed by atoms with E-state index in [0.29, 0.717) is 12.1 Å². The van der Waals surface area contributed by atoms with Gasteiger partial charge in [-0.1, -0.05) is 0 Å². The van der Waals surface area contributed by atoms with Crippen molar-refractivity contribution in [3.05, 3.63) is 27.3 Å². The first kappa shape index (κ1) is 15.5. The molecule has 5 nitrogen and oxygen atoms in total. The molecule has 6 heteroatoms. The monoisotopic (exact) mass is 389 g/mol. The molecule has 3 N–H and O–H groups in total. The van der Waals surface area contributed by atoms with E-state index >= 15 is 0 Å². The number of aromatic hydroxyl groups is 1. The summed E-state index contributed by atoms with van der Waals surface area (Å²) in [4.78, 5) is 14.4. The quantitative estimate of drug-likeness (QED) is 0.520. The zero-order valence-electron chi connectivity index (χ0n) is 11.4. The normalized spacial score (nSPS) is 16.1. The molecule has 0 aromatic heterocycles. The van der Waals surface area contributed by atoms with Crippen LogP contribution in [0.25, 0.3) is 0 Å². The highest BCUT2D eigenvalue weighted by Gasteiger charge is 2.12. The Morgan fingerprint density at radius 3 is 2.90 bits per heavy atom. The predicted molar refractivity (Wildman–Crippen MR) is 87.1 cm³/mol. The Hall–Kier alpha value is -0.860. The van der Waals surface area contributed by atoms with Crippen molar-refractivity contribution in [3.63, 3.8) is 0 Å². The van der Waals surface area contributed by atoms with E-state index in [2.05, 4.69) is 38.1 Å². The first-order valence-electron chi connectivity index (χ1n) is 6.86. The average molecular weight is 389 g/mol. The topological polar surface area (TPSA) is 64.6 Å². The summed E-state index contributed by atoms with van der Waals surface area (Å²) in [5.41, 5.74) is 0.346. The Labute approximate surface area is 132 Å². The molecule has 0 saturated carbocycles. The zero-order valence-corrected chi connectivity index (χ0v) is 13.5. The molecule has 0 atom stereocenters. The highest BCUT2D eigenvalue weighted by molar-refractivity contribution is 14.1. The summed E-state index contributed by atoms with van der Waals surface area (Å²) in [6, 6.07) is 5.02. The summed E-state index contributed by atoms with van der Waals surface area (Å²) >= 11 is 2.13. The SMILES string of the molecule is O=C(NCCCN1CCNCC1)c1cc(I)ccc1O. The van der Waals surface area contributed by atoms with Crippen LogP contribution in [0.4, 0.5) is 0 Å². The van der Waals surface area contributed by atoms with Crippen molar-refractivity contribution in [3.8, 4) is 5.75 Å². The van der Waals surface area contributed by atoms with Crippen LogP contribution in [0.15, 0.2) is 18.2 Å². The molecule has 1 aromatic rings. The Morgan fingerprint density at radius 1 is 1.40 bits per heavy atom. The zero-order chi connectivity index (χ0) is 14.4. The van der Waals surface area contributed by atoms with Crippen LogP contribution in [0, 0.1) is 3.57 Å². The standard InChI is InChI=1S/C14H20IN3O2/c15-11-2-3-13(19)12(10-11)14(20)17-4-1-7-18-8-5-16-6-9-18/h2-3,10,16,19H,1,4-9H2,(H,17,20). The molecule has 0 unspecified atom stereocenters. The molecule has 1 saturated heterocycles. The van der Waals surface area contributed by atoms with Crippen LogP contribution < -0.4 is 10.6 Å². The van der Waals surface area contributed by atoms with Crippen molar-refractivity contribution >= 4 is 28.5 Å². The molecule has 1 aliphatic heterocycles. The number of amides is 1. The summed E-state index contributed by atoms with van der Waals surface area (Å²) in [7, 11) is 0. The predicted octanol–water partition coefficient (Wildman–Crippen LogP) is 1.02. The fourth-order valence-electron chi connectivity index (χ4n) is 2.22. The molecular formula is C14H20IN3O2. The number of phenols is 1. The fraction of sp³-hybridized carbons (Fsp3) is 0.500. The van der Waals surface area contributed by atoms with E-state index in [9.17, 15) is 9.90 Å². The van der Waals surface area contributed by atoms with Gasteiger partial charge in [-0.05, 0) is 53.8 Å². The van der Waals surface area contributed by atoms with Gasteiger partial charge in [-0.2, -0.15) is 0 Å². The Morgan fingerprint density at radius 2 is 2.15 bits per heavy atom. The minimum absolute atomic E-state index is 0.0324. The van der Waals surface area contributed by atoms with Crippen molar-refractivity contribution in [1.82, 2.24) is 15.5 Å². The molecule has 1 heterocycles. The van der Waals surface area contributed by atoms with Crippen LogP contribution in [-0.2, 0) is 0 Å². The van der Waals surface area contributed by atoms with Crippen molar-refractivity contribution in [1.29, 1.82) is 0 Å². The van der Waals surface area contributed by atoms with Crippen LogP contribution in [0.1, 0.15) is 16.8 Å². The van der Waals surface area contributed by atoms with E-state index in [-0.39, 0.29) is 11.7 Å². The highest BCUT2D eigenvalue weighted by atomic mass is 127. The minimum Gasteiger partial charge on any atom is -0.507 e. The smallest absolute Gasteiger partial charge is 0.255 e.